The van der Waals surface area contributed by atoms with Gasteiger partial charge in [0.25, 0.3) is 5.91 Å². The first-order chi connectivity index (χ1) is 12.6. The van der Waals surface area contributed by atoms with E-state index in [9.17, 15) is 9.59 Å². The average Bonchev–Trinajstić information content (AvgIpc) is 2.95. The number of ether oxygens (including phenoxy) is 1. The fourth-order valence-electron chi connectivity index (χ4n) is 3.22. The van der Waals surface area contributed by atoms with Crippen LogP contribution in [-0.2, 0) is 9.59 Å². The van der Waals surface area contributed by atoms with E-state index in [1.165, 1.54) is 12.8 Å². The lowest BCUT2D eigenvalue weighted by Crippen LogP contribution is -2.36. The summed E-state index contributed by atoms with van der Waals surface area (Å²) in [5, 5.41) is 2.79. The van der Waals surface area contributed by atoms with Gasteiger partial charge >= 0.3 is 0 Å². The van der Waals surface area contributed by atoms with Crippen LogP contribution >= 0.6 is 0 Å². The van der Waals surface area contributed by atoms with Crippen LogP contribution < -0.4 is 10.1 Å². The van der Waals surface area contributed by atoms with E-state index in [1.54, 1.807) is 0 Å². The van der Waals surface area contributed by atoms with Crippen LogP contribution in [0.2, 0.25) is 0 Å². The molecule has 144 valence electrons. The van der Waals surface area contributed by atoms with Gasteiger partial charge in [-0.1, -0.05) is 44.9 Å². The monoisotopic (exact) mass is 360 g/mol. The minimum absolute atomic E-state index is 0.0225. The number of nitrogens with zero attached hydrogens (tertiary/aromatic N) is 1. The lowest BCUT2D eigenvalue weighted by molar-refractivity contribution is -0.131. The van der Waals surface area contributed by atoms with Crippen molar-refractivity contribution in [1.82, 2.24) is 10.2 Å². The summed E-state index contributed by atoms with van der Waals surface area (Å²) in [6.07, 6.45) is 5.95. The topological polar surface area (TPSA) is 58.6 Å². The number of hydrogen-bond donors (Lipinski definition) is 1. The van der Waals surface area contributed by atoms with Gasteiger partial charge in [0, 0.05) is 26.1 Å². The molecule has 0 spiro atoms. The van der Waals surface area contributed by atoms with Gasteiger partial charge in [0.15, 0.2) is 6.61 Å². The average molecular weight is 360 g/mol. The first kappa shape index (κ1) is 20.3. The summed E-state index contributed by atoms with van der Waals surface area (Å²) in [7, 11) is 0. The molecule has 1 aliphatic rings. The van der Waals surface area contributed by atoms with Crippen LogP contribution in [0.15, 0.2) is 24.3 Å². The molecule has 2 amide bonds. The summed E-state index contributed by atoms with van der Waals surface area (Å²) in [6, 6.07) is 7.85. The maximum atomic E-state index is 12.2. The second kappa shape index (κ2) is 10.8. The molecule has 0 aromatic heterocycles. The molecule has 1 unspecified atom stereocenters. The summed E-state index contributed by atoms with van der Waals surface area (Å²) in [4.78, 5) is 26.2. The Balaban J connectivity index is 1.71. The molecule has 1 saturated heterocycles. The molecule has 5 nitrogen and oxygen atoms in total. The van der Waals surface area contributed by atoms with Gasteiger partial charge in [-0.05, 0) is 36.8 Å². The number of rotatable bonds is 8. The van der Waals surface area contributed by atoms with Crippen molar-refractivity contribution in [2.45, 2.75) is 58.3 Å². The van der Waals surface area contributed by atoms with Gasteiger partial charge < -0.3 is 15.0 Å². The first-order valence-corrected chi connectivity index (χ1v) is 9.88. The standard InChI is InChI=1S/C21H32N2O3/c1-3-17(2)18-10-6-7-11-19(18)26-16-20(24)22-13-12-21(25)23-14-8-4-5-9-15-23/h6-7,10-11,17H,3-5,8-9,12-16H2,1-2H3,(H,22,24). The molecule has 0 bridgehead atoms. The Kier molecular flexibility index (Phi) is 8.45. The van der Waals surface area contributed by atoms with Crippen molar-refractivity contribution in [3.8, 4) is 5.75 Å². The predicted octanol–water partition coefficient (Wildman–Crippen LogP) is 3.49. The number of nitrogens with one attached hydrogen (secondary N) is 1. The highest BCUT2D eigenvalue weighted by molar-refractivity contribution is 5.80. The summed E-state index contributed by atoms with van der Waals surface area (Å²) in [5.41, 5.74) is 1.12. The molecule has 1 aliphatic heterocycles. The van der Waals surface area contributed by atoms with E-state index in [4.69, 9.17) is 4.74 Å². The third-order valence-electron chi connectivity index (χ3n) is 5.04. The van der Waals surface area contributed by atoms with E-state index >= 15 is 0 Å². The lowest BCUT2D eigenvalue weighted by Gasteiger charge is -2.20. The molecule has 1 N–H and O–H groups in total. The molecular weight excluding hydrogens is 328 g/mol. The minimum atomic E-state index is -0.187. The van der Waals surface area contributed by atoms with Gasteiger partial charge in [-0.3, -0.25) is 9.59 Å². The number of amides is 2. The molecule has 1 fully saturated rings. The molecule has 1 aromatic rings. The highest BCUT2D eigenvalue weighted by atomic mass is 16.5. The normalized spacial score (nSPS) is 15.8. The van der Waals surface area contributed by atoms with Crippen molar-refractivity contribution in [2.24, 2.45) is 0 Å². The van der Waals surface area contributed by atoms with Crippen LogP contribution in [0.25, 0.3) is 0 Å². The van der Waals surface area contributed by atoms with E-state index in [0.29, 0.717) is 18.9 Å². The molecule has 1 heterocycles. The van der Waals surface area contributed by atoms with Crippen molar-refractivity contribution in [2.75, 3.05) is 26.2 Å². The fourth-order valence-corrected chi connectivity index (χ4v) is 3.22. The number of benzene rings is 1. The Hall–Kier alpha value is -2.04. The van der Waals surface area contributed by atoms with Gasteiger partial charge in [0.1, 0.15) is 5.75 Å². The number of carbonyl (C=O) groups is 2. The summed E-state index contributed by atoms with van der Waals surface area (Å²) in [6.45, 7) is 6.33. The molecule has 5 heteroatoms. The maximum absolute atomic E-state index is 12.2. The highest BCUT2D eigenvalue weighted by Gasteiger charge is 2.15. The number of hydrogen-bond acceptors (Lipinski definition) is 3. The van der Waals surface area contributed by atoms with Crippen LogP contribution in [0.5, 0.6) is 5.75 Å². The SMILES string of the molecule is CCC(C)c1ccccc1OCC(=O)NCCC(=O)N1CCCCCC1. The summed E-state index contributed by atoms with van der Waals surface area (Å²) >= 11 is 0. The predicted molar refractivity (Wildman–Crippen MR) is 103 cm³/mol. The molecule has 0 aliphatic carbocycles. The number of para-hydroxylation sites is 1. The molecule has 2 rings (SSSR count). The Bertz CT molecular complexity index is 580. The smallest absolute Gasteiger partial charge is 0.257 e. The maximum Gasteiger partial charge on any atom is 0.257 e. The quantitative estimate of drug-likeness (QED) is 0.772. The van der Waals surface area contributed by atoms with Gasteiger partial charge in [-0.25, -0.2) is 0 Å². The van der Waals surface area contributed by atoms with Gasteiger partial charge in [0.2, 0.25) is 5.91 Å². The van der Waals surface area contributed by atoms with Crippen molar-refractivity contribution in [1.29, 1.82) is 0 Å². The van der Waals surface area contributed by atoms with E-state index in [-0.39, 0.29) is 18.4 Å². The van der Waals surface area contributed by atoms with Crippen molar-refractivity contribution >= 4 is 11.8 Å². The minimum Gasteiger partial charge on any atom is -0.483 e. The third kappa shape index (κ3) is 6.36. The Morgan fingerprint density at radius 3 is 2.54 bits per heavy atom. The van der Waals surface area contributed by atoms with Crippen LogP contribution in [0.3, 0.4) is 0 Å². The fraction of sp³-hybridized carbons (Fsp3) is 0.619. The van der Waals surface area contributed by atoms with Gasteiger partial charge in [-0.2, -0.15) is 0 Å². The lowest BCUT2D eigenvalue weighted by atomic mass is 9.98. The second-order valence-corrected chi connectivity index (χ2v) is 7.03. The highest BCUT2D eigenvalue weighted by Crippen LogP contribution is 2.28. The van der Waals surface area contributed by atoms with E-state index in [2.05, 4.69) is 19.2 Å². The number of carbonyl (C=O) groups excluding carboxylic acids is 2. The molecular formula is C21H32N2O3. The zero-order chi connectivity index (χ0) is 18.8. The zero-order valence-corrected chi connectivity index (χ0v) is 16.1. The Labute approximate surface area is 157 Å². The van der Waals surface area contributed by atoms with Crippen LogP contribution in [0.1, 0.15) is 63.9 Å². The number of likely N-dealkylation sites (tertiary alicyclic amines) is 1. The van der Waals surface area contributed by atoms with Crippen LogP contribution in [0.4, 0.5) is 0 Å². The first-order valence-electron chi connectivity index (χ1n) is 9.88. The van der Waals surface area contributed by atoms with Crippen molar-refractivity contribution in [3.63, 3.8) is 0 Å². The Morgan fingerprint density at radius 1 is 1.15 bits per heavy atom. The Morgan fingerprint density at radius 2 is 1.85 bits per heavy atom. The van der Waals surface area contributed by atoms with Crippen molar-refractivity contribution in [3.05, 3.63) is 29.8 Å². The summed E-state index contributed by atoms with van der Waals surface area (Å²) in [5.74, 6) is 1.10. The second-order valence-electron chi connectivity index (χ2n) is 7.03. The van der Waals surface area contributed by atoms with E-state index in [0.717, 1.165) is 43.7 Å². The van der Waals surface area contributed by atoms with Crippen molar-refractivity contribution < 1.29 is 14.3 Å². The van der Waals surface area contributed by atoms with E-state index in [1.807, 2.05) is 29.2 Å². The molecule has 1 aromatic carbocycles. The summed E-state index contributed by atoms with van der Waals surface area (Å²) < 4.78 is 5.70. The van der Waals surface area contributed by atoms with Gasteiger partial charge in [0.05, 0.1) is 0 Å². The molecule has 0 radical (unpaired) electrons. The largest absolute Gasteiger partial charge is 0.483 e. The van der Waals surface area contributed by atoms with E-state index < -0.39 is 0 Å². The third-order valence-corrected chi connectivity index (χ3v) is 5.04. The van der Waals surface area contributed by atoms with Crippen LogP contribution in [-0.4, -0.2) is 43.0 Å². The van der Waals surface area contributed by atoms with Gasteiger partial charge in [-0.15, -0.1) is 0 Å². The zero-order valence-electron chi connectivity index (χ0n) is 16.1. The molecule has 0 saturated carbocycles. The molecule has 26 heavy (non-hydrogen) atoms. The van der Waals surface area contributed by atoms with Crippen LogP contribution in [0, 0.1) is 0 Å². The molecule has 1 atom stereocenters.